The summed E-state index contributed by atoms with van der Waals surface area (Å²) >= 11 is 1.59. The summed E-state index contributed by atoms with van der Waals surface area (Å²) in [6, 6.07) is 0. The van der Waals surface area contributed by atoms with Crippen LogP contribution in [-0.2, 0) is 24.7 Å². The topological polar surface area (TPSA) is 0 Å². The molecule has 0 heterocycles. The molecular formula is C9H16Cl3Zr. The second kappa shape index (κ2) is 7.52. The second-order valence-corrected chi connectivity index (χ2v) is 4.39. The van der Waals surface area contributed by atoms with E-state index in [2.05, 4.69) is 27.7 Å². The van der Waals surface area contributed by atoms with Gasteiger partial charge in [-0.05, 0) is 0 Å². The van der Waals surface area contributed by atoms with Crippen molar-refractivity contribution >= 4 is 37.2 Å². The van der Waals surface area contributed by atoms with Crippen LogP contribution in [-0.4, -0.2) is 0 Å². The van der Waals surface area contributed by atoms with E-state index in [9.17, 15) is 0 Å². The van der Waals surface area contributed by atoms with Gasteiger partial charge in [0.05, 0.1) is 0 Å². The third kappa shape index (κ3) is 3.70. The first-order chi connectivity index (χ1) is 4.55. The van der Waals surface area contributed by atoms with Gasteiger partial charge in [-0.2, -0.15) is 0 Å². The van der Waals surface area contributed by atoms with E-state index in [0.29, 0.717) is 0 Å². The number of hydrogen-bond acceptors (Lipinski definition) is 0. The third-order valence-corrected chi connectivity index (χ3v) is 4.63. The van der Waals surface area contributed by atoms with E-state index >= 15 is 0 Å². The van der Waals surface area contributed by atoms with E-state index in [1.165, 1.54) is 5.57 Å². The van der Waals surface area contributed by atoms with Crippen LogP contribution in [0.5, 0.6) is 0 Å². The summed E-state index contributed by atoms with van der Waals surface area (Å²) in [6.45, 7) is 9.03. The molecule has 1 aliphatic carbocycles. The first kappa shape index (κ1) is 19.8. The van der Waals surface area contributed by atoms with Crippen molar-refractivity contribution in [2.45, 2.75) is 27.7 Å². The Morgan fingerprint density at radius 1 is 0.923 bits per heavy atom. The van der Waals surface area contributed by atoms with Crippen molar-refractivity contribution in [3.8, 4) is 0 Å². The summed E-state index contributed by atoms with van der Waals surface area (Å²) in [5.74, 6) is 0.734. The Kier molecular flexibility index (Phi) is 11.4. The minimum absolute atomic E-state index is 0. The normalized spacial score (nSPS) is 20.4. The number of rotatable bonds is 0. The van der Waals surface area contributed by atoms with Gasteiger partial charge in [0, 0.05) is 0 Å². The van der Waals surface area contributed by atoms with Crippen LogP contribution in [0.25, 0.3) is 0 Å². The van der Waals surface area contributed by atoms with E-state index in [1.807, 2.05) is 0 Å². The molecule has 1 rings (SSSR count). The zero-order chi connectivity index (χ0) is 7.89. The molecule has 0 bridgehead atoms. The Bertz CT molecular complexity index is 207. The molecule has 0 amide bonds. The molecule has 0 aromatic carbocycles. The van der Waals surface area contributed by atoms with Crippen LogP contribution in [0.4, 0.5) is 0 Å². The van der Waals surface area contributed by atoms with Crippen LogP contribution in [0.2, 0.25) is 0 Å². The first-order valence-electron chi connectivity index (χ1n) is 3.65. The quantitative estimate of drug-likeness (QED) is 0.631. The van der Waals surface area contributed by atoms with Crippen LogP contribution in [0.15, 0.2) is 20.0 Å². The van der Waals surface area contributed by atoms with E-state index in [1.54, 1.807) is 39.1 Å². The fraction of sp³-hybridized carbons (Fsp3) is 0.556. The first-order valence-corrected chi connectivity index (χ1v) is 4.88. The maximum Gasteiger partial charge on any atom is -0.147 e. The molecule has 1 aliphatic rings. The van der Waals surface area contributed by atoms with Crippen LogP contribution in [0, 0.1) is 5.92 Å². The van der Waals surface area contributed by atoms with Crippen molar-refractivity contribution < 1.29 is 24.7 Å². The van der Waals surface area contributed by atoms with Crippen LogP contribution in [0.3, 0.4) is 0 Å². The summed E-state index contributed by atoms with van der Waals surface area (Å²) < 4.78 is 1.64. The molecule has 0 aliphatic heterocycles. The minimum Gasteiger partial charge on any atom is -0.147 e. The summed E-state index contributed by atoms with van der Waals surface area (Å²) in [4.78, 5) is 0. The maximum absolute atomic E-state index is 2.30. The molecule has 0 saturated carbocycles. The fourth-order valence-electron chi connectivity index (χ4n) is 1.36. The van der Waals surface area contributed by atoms with Crippen molar-refractivity contribution in [1.29, 1.82) is 0 Å². The number of allylic oxidation sites excluding steroid dienone is 4. The Balaban J connectivity index is -0.000000333. The Morgan fingerprint density at radius 2 is 1.31 bits per heavy atom. The zero-order valence-electron chi connectivity index (χ0n) is 8.30. The molecule has 0 nitrogen and oxygen atoms in total. The SMILES string of the molecule is CC1=C(C)C(C)[C]([Zr])=C1C.Cl.Cl.Cl. The van der Waals surface area contributed by atoms with Gasteiger partial charge in [0.1, 0.15) is 0 Å². The molecule has 77 valence electrons. The van der Waals surface area contributed by atoms with E-state index in [0.717, 1.165) is 5.92 Å². The molecule has 0 spiro atoms. The molecule has 0 aromatic rings. The van der Waals surface area contributed by atoms with Crippen LogP contribution in [0.1, 0.15) is 27.7 Å². The molecule has 0 radical (unpaired) electrons. The van der Waals surface area contributed by atoms with E-state index in [4.69, 9.17) is 0 Å². The Labute approximate surface area is 115 Å². The molecule has 0 aromatic heterocycles. The summed E-state index contributed by atoms with van der Waals surface area (Å²) in [6.07, 6.45) is 0. The van der Waals surface area contributed by atoms with Gasteiger partial charge < -0.3 is 0 Å². The van der Waals surface area contributed by atoms with Gasteiger partial charge in [-0.3, -0.25) is 0 Å². The van der Waals surface area contributed by atoms with Crippen LogP contribution >= 0.6 is 37.2 Å². The van der Waals surface area contributed by atoms with Crippen molar-refractivity contribution in [2.24, 2.45) is 5.92 Å². The molecule has 4 heteroatoms. The Morgan fingerprint density at radius 3 is 1.38 bits per heavy atom. The maximum atomic E-state index is 2.30. The fourth-order valence-corrected chi connectivity index (χ4v) is 2.36. The average Bonchev–Trinajstić information content (AvgIpc) is 2.07. The monoisotopic (exact) mass is 319 g/mol. The van der Waals surface area contributed by atoms with Gasteiger partial charge >= 0.3 is 78.3 Å². The van der Waals surface area contributed by atoms with Crippen LogP contribution < -0.4 is 0 Å². The van der Waals surface area contributed by atoms with Crippen molar-refractivity contribution in [1.82, 2.24) is 0 Å². The largest absolute Gasteiger partial charge is 0.147 e. The third-order valence-electron chi connectivity index (χ3n) is 2.64. The summed E-state index contributed by atoms with van der Waals surface area (Å²) in [5.41, 5.74) is 4.65. The molecule has 13 heavy (non-hydrogen) atoms. The smallest absolute Gasteiger partial charge is 0.147 e. The van der Waals surface area contributed by atoms with Gasteiger partial charge in [-0.1, -0.05) is 0 Å². The standard InChI is InChI=1S/C9H13.3ClH.Zr/c1-6-5-7(2)9(4)8(6)3;;;;/h6H,1-4H3;3*1H;. The van der Waals surface area contributed by atoms with E-state index < -0.39 is 0 Å². The zero-order valence-corrected chi connectivity index (χ0v) is 13.2. The van der Waals surface area contributed by atoms with Crippen molar-refractivity contribution in [2.75, 3.05) is 0 Å². The van der Waals surface area contributed by atoms with Gasteiger partial charge in [-0.15, -0.1) is 37.2 Å². The predicted molar refractivity (Wildman–Crippen MR) is 62.0 cm³/mol. The number of hydrogen-bond donors (Lipinski definition) is 0. The number of halogens is 3. The second-order valence-electron chi connectivity index (χ2n) is 3.07. The molecule has 0 N–H and O–H groups in total. The molecule has 0 saturated heterocycles. The van der Waals surface area contributed by atoms with Gasteiger partial charge in [-0.25, -0.2) is 0 Å². The average molecular weight is 322 g/mol. The Hall–Kier alpha value is 1.23. The van der Waals surface area contributed by atoms with Gasteiger partial charge in [0.2, 0.25) is 0 Å². The molecular weight excluding hydrogens is 306 g/mol. The van der Waals surface area contributed by atoms with E-state index in [-0.39, 0.29) is 37.2 Å². The minimum atomic E-state index is 0. The predicted octanol–water partition coefficient (Wildman–Crippen LogP) is 4.06. The van der Waals surface area contributed by atoms with Crippen molar-refractivity contribution in [3.63, 3.8) is 0 Å². The van der Waals surface area contributed by atoms with Crippen molar-refractivity contribution in [3.05, 3.63) is 20.0 Å². The van der Waals surface area contributed by atoms with Gasteiger partial charge in [0.15, 0.2) is 0 Å². The molecule has 1 unspecified atom stereocenters. The summed E-state index contributed by atoms with van der Waals surface area (Å²) in [5, 5.41) is 0. The molecule has 1 atom stereocenters. The summed E-state index contributed by atoms with van der Waals surface area (Å²) in [7, 11) is 0. The molecule has 0 fully saturated rings. The van der Waals surface area contributed by atoms with Gasteiger partial charge in [0.25, 0.3) is 0 Å².